The van der Waals surface area contributed by atoms with Gasteiger partial charge < -0.3 is 14.9 Å². The molecule has 1 unspecified atom stereocenters. The number of hydrogen-bond acceptors (Lipinski definition) is 4. The molecule has 1 amide bonds. The molecule has 1 aromatic carbocycles. The third kappa shape index (κ3) is 4.06. The lowest BCUT2D eigenvalue weighted by Crippen LogP contribution is -2.52. The maximum Gasteiger partial charge on any atom is 0.307 e. The average Bonchev–Trinajstić information content (AvgIpc) is 2.63. The summed E-state index contributed by atoms with van der Waals surface area (Å²) >= 11 is 0. The van der Waals surface area contributed by atoms with Gasteiger partial charge in [0, 0.05) is 38.4 Å². The second-order valence-electron chi connectivity index (χ2n) is 6.62. The van der Waals surface area contributed by atoms with Crippen LogP contribution in [0.15, 0.2) is 30.3 Å². The maximum atomic E-state index is 12.5. The molecule has 2 heterocycles. The van der Waals surface area contributed by atoms with Crippen molar-refractivity contribution in [3.8, 4) is 0 Å². The Kier molecular flexibility index (Phi) is 5.35. The first-order chi connectivity index (χ1) is 11.6. The molecule has 6 heteroatoms. The standard InChI is InChI=1S/C18H25N3O3/c22-17(14-19-8-4-5-15(13-19)18(23)24)21-11-9-20(10-12-21)16-6-2-1-3-7-16/h1-3,6-7,15H,4-5,8-14H2,(H,23,24). The molecule has 2 fully saturated rings. The minimum absolute atomic E-state index is 0.119. The van der Waals surface area contributed by atoms with E-state index in [1.165, 1.54) is 5.69 Å². The molecule has 24 heavy (non-hydrogen) atoms. The van der Waals surface area contributed by atoms with Crippen LogP contribution in [0.25, 0.3) is 0 Å². The number of carbonyl (C=O) groups is 2. The van der Waals surface area contributed by atoms with Crippen LogP contribution < -0.4 is 4.90 Å². The third-order valence-electron chi connectivity index (χ3n) is 4.97. The van der Waals surface area contributed by atoms with E-state index in [1.54, 1.807) is 0 Å². The number of benzene rings is 1. The SMILES string of the molecule is O=C(O)C1CCCN(CC(=O)N2CCN(c3ccccc3)CC2)C1. The second kappa shape index (κ2) is 7.66. The van der Waals surface area contributed by atoms with Crippen molar-refractivity contribution >= 4 is 17.6 Å². The van der Waals surface area contributed by atoms with Gasteiger partial charge in [0.2, 0.25) is 5.91 Å². The monoisotopic (exact) mass is 331 g/mol. The second-order valence-corrected chi connectivity index (χ2v) is 6.62. The van der Waals surface area contributed by atoms with Gasteiger partial charge in [0.25, 0.3) is 0 Å². The molecule has 1 N–H and O–H groups in total. The first-order valence-electron chi connectivity index (χ1n) is 8.66. The zero-order valence-electron chi connectivity index (χ0n) is 13.9. The summed E-state index contributed by atoms with van der Waals surface area (Å²) in [5, 5.41) is 9.15. The Morgan fingerprint density at radius 1 is 1.04 bits per heavy atom. The number of nitrogens with zero attached hydrogens (tertiary/aromatic N) is 3. The molecule has 0 radical (unpaired) electrons. The first kappa shape index (κ1) is 16.8. The molecule has 6 nitrogen and oxygen atoms in total. The fourth-order valence-electron chi connectivity index (χ4n) is 3.54. The van der Waals surface area contributed by atoms with E-state index in [9.17, 15) is 9.59 Å². The van der Waals surface area contributed by atoms with E-state index in [1.807, 2.05) is 28.0 Å². The van der Waals surface area contributed by atoms with E-state index in [-0.39, 0.29) is 11.8 Å². The van der Waals surface area contributed by atoms with Gasteiger partial charge in [0.1, 0.15) is 0 Å². The largest absolute Gasteiger partial charge is 0.481 e. The van der Waals surface area contributed by atoms with Gasteiger partial charge in [-0.15, -0.1) is 0 Å². The first-order valence-corrected chi connectivity index (χ1v) is 8.66. The Labute approximate surface area is 142 Å². The fraction of sp³-hybridized carbons (Fsp3) is 0.556. The number of carbonyl (C=O) groups excluding carboxylic acids is 1. The summed E-state index contributed by atoms with van der Waals surface area (Å²) in [5.74, 6) is -0.959. The van der Waals surface area contributed by atoms with Crippen LogP contribution in [0.2, 0.25) is 0 Å². The zero-order chi connectivity index (χ0) is 16.9. The van der Waals surface area contributed by atoms with Crippen molar-refractivity contribution < 1.29 is 14.7 Å². The van der Waals surface area contributed by atoms with Crippen molar-refractivity contribution in [3.05, 3.63) is 30.3 Å². The Morgan fingerprint density at radius 3 is 2.42 bits per heavy atom. The highest BCUT2D eigenvalue weighted by atomic mass is 16.4. The summed E-state index contributed by atoms with van der Waals surface area (Å²) in [4.78, 5) is 29.8. The number of piperidine rings is 1. The van der Waals surface area contributed by atoms with Crippen molar-refractivity contribution in [2.75, 3.05) is 50.7 Å². The maximum absolute atomic E-state index is 12.5. The van der Waals surface area contributed by atoms with Crippen molar-refractivity contribution in [3.63, 3.8) is 0 Å². The number of anilines is 1. The number of rotatable bonds is 4. The Balaban J connectivity index is 1.48. The van der Waals surface area contributed by atoms with Gasteiger partial charge >= 0.3 is 5.97 Å². The van der Waals surface area contributed by atoms with Crippen LogP contribution in [-0.4, -0.2) is 72.6 Å². The van der Waals surface area contributed by atoms with E-state index < -0.39 is 5.97 Å². The predicted octanol–water partition coefficient (Wildman–Crippen LogP) is 1.13. The van der Waals surface area contributed by atoms with Gasteiger partial charge in [-0.3, -0.25) is 14.5 Å². The lowest BCUT2D eigenvalue weighted by atomic mass is 9.98. The van der Waals surface area contributed by atoms with Gasteiger partial charge in [-0.25, -0.2) is 0 Å². The molecule has 1 aromatic rings. The molecular weight excluding hydrogens is 306 g/mol. The highest BCUT2D eigenvalue weighted by Crippen LogP contribution is 2.18. The zero-order valence-corrected chi connectivity index (χ0v) is 13.9. The van der Waals surface area contributed by atoms with E-state index in [2.05, 4.69) is 17.0 Å². The van der Waals surface area contributed by atoms with Gasteiger partial charge in [-0.1, -0.05) is 18.2 Å². The minimum Gasteiger partial charge on any atom is -0.481 e. The number of carboxylic acid groups (broad SMARTS) is 1. The number of carboxylic acids is 1. The summed E-state index contributed by atoms with van der Waals surface area (Å²) in [6.45, 7) is 4.79. The smallest absolute Gasteiger partial charge is 0.307 e. The van der Waals surface area contributed by atoms with Gasteiger partial charge in [0.15, 0.2) is 0 Å². The molecule has 0 saturated carbocycles. The van der Waals surface area contributed by atoms with Crippen LogP contribution >= 0.6 is 0 Å². The van der Waals surface area contributed by atoms with E-state index in [0.29, 0.717) is 13.1 Å². The molecule has 1 atom stereocenters. The summed E-state index contributed by atoms with van der Waals surface area (Å²) in [5.41, 5.74) is 1.20. The van der Waals surface area contributed by atoms with Crippen LogP contribution in [0.5, 0.6) is 0 Å². The average molecular weight is 331 g/mol. The summed E-state index contributed by atoms with van der Waals surface area (Å²) in [6, 6.07) is 10.3. The predicted molar refractivity (Wildman–Crippen MR) is 92.0 cm³/mol. The number of piperazine rings is 1. The van der Waals surface area contributed by atoms with Crippen molar-refractivity contribution in [2.45, 2.75) is 12.8 Å². The van der Waals surface area contributed by atoms with E-state index in [0.717, 1.165) is 45.6 Å². The van der Waals surface area contributed by atoms with Crippen molar-refractivity contribution in [1.82, 2.24) is 9.80 Å². The molecule has 3 rings (SSSR count). The Morgan fingerprint density at radius 2 is 1.75 bits per heavy atom. The summed E-state index contributed by atoms with van der Waals surface area (Å²) in [6.07, 6.45) is 1.57. The topological polar surface area (TPSA) is 64.1 Å². The number of hydrogen-bond donors (Lipinski definition) is 1. The molecule has 0 aliphatic carbocycles. The number of amides is 1. The molecule has 0 bridgehead atoms. The molecular formula is C18H25N3O3. The lowest BCUT2D eigenvalue weighted by Gasteiger charge is -2.38. The molecule has 0 spiro atoms. The van der Waals surface area contributed by atoms with Gasteiger partial charge in [-0.2, -0.15) is 0 Å². The van der Waals surface area contributed by atoms with Crippen LogP contribution in [0.4, 0.5) is 5.69 Å². The van der Waals surface area contributed by atoms with E-state index in [4.69, 9.17) is 5.11 Å². The van der Waals surface area contributed by atoms with Crippen LogP contribution in [-0.2, 0) is 9.59 Å². The van der Waals surface area contributed by atoms with Crippen LogP contribution in [0, 0.1) is 5.92 Å². The number of aliphatic carboxylic acids is 1. The minimum atomic E-state index is -0.747. The van der Waals surface area contributed by atoms with Crippen LogP contribution in [0.3, 0.4) is 0 Å². The van der Waals surface area contributed by atoms with Gasteiger partial charge in [0.05, 0.1) is 12.5 Å². The van der Waals surface area contributed by atoms with E-state index >= 15 is 0 Å². The summed E-state index contributed by atoms with van der Waals surface area (Å²) < 4.78 is 0. The van der Waals surface area contributed by atoms with Gasteiger partial charge in [-0.05, 0) is 31.5 Å². The fourth-order valence-corrected chi connectivity index (χ4v) is 3.54. The number of likely N-dealkylation sites (tertiary alicyclic amines) is 1. The Bertz CT molecular complexity index is 570. The van der Waals surface area contributed by atoms with Crippen LogP contribution in [0.1, 0.15) is 12.8 Å². The van der Waals surface area contributed by atoms with Crippen molar-refractivity contribution in [2.24, 2.45) is 5.92 Å². The Hall–Kier alpha value is -2.08. The summed E-state index contributed by atoms with van der Waals surface area (Å²) in [7, 11) is 0. The highest BCUT2D eigenvalue weighted by molar-refractivity contribution is 5.79. The quantitative estimate of drug-likeness (QED) is 0.896. The lowest BCUT2D eigenvalue weighted by molar-refractivity contribution is -0.145. The molecule has 130 valence electrons. The van der Waals surface area contributed by atoms with Crippen molar-refractivity contribution in [1.29, 1.82) is 0 Å². The molecule has 2 aliphatic rings. The third-order valence-corrected chi connectivity index (χ3v) is 4.97. The number of para-hydroxylation sites is 1. The normalized spacial score (nSPS) is 22.4. The molecule has 2 saturated heterocycles. The molecule has 2 aliphatic heterocycles. The highest BCUT2D eigenvalue weighted by Gasteiger charge is 2.28. The molecule has 0 aromatic heterocycles.